The van der Waals surface area contributed by atoms with Crippen molar-refractivity contribution in [1.29, 1.82) is 0 Å². The van der Waals surface area contributed by atoms with Crippen molar-refractivity contribution in [3.05, 3.63) is 66.2 Å². The van der Waals surface area contributed by atoms with E-state index in [0.717, 1.165) is 16.6 Å². The number of imidazole rings is 1. The van der Waals surface area contributed by atoms with E-state index in [1.54, 1.807) is 23.0 Å². The molecule has 0 saturated carbocycles. The first-order chi connectivity index (χ1) is 8.83. The molecule has 0 N–H and O–H groups in total. The zero-order chi connectivity index (χ0) is 12.4. The van der Waals surface area contributed by atoms with Crippen LogP contribution in [0.4, 0.5) is 4.39 Å². The third kappa shape index (κ3) is 1.96. The molecule has 0 amide bonds. The molecule has 1 aromatic heterocycles. The number of aromatic nitrogens is 2. The smallest absolute Gasteiger partial charge is 0.123 e. The second kappa shape index (κ2) is 4.34. The molecule has 0 bridgehead atoms. The van der Waals surface area contributed by atoms with E-state index in [-0.39, 0.29) is 5.82 Å². The molecule has 0 unspecified atom stereocenters. The molecule has 0 atom stereocenters. The molecule has 2 nitrogen and oxygen atoms in total. The van der Waals surface area contributed by atoms with Crippen LogP contribution < -0.4 is 0 Å². The van der Waals surface area contributed by atoms with Crippen LogP contribution in [-0.2, 0) is 0 Å². The minimum absolute atomic E-state index is 0.256. The summed E-state index contributed by atoms with van der Waals surface area (Å²) in [6.07, 6.45) is 1.68. The Bertz CT molecular complexity index is 745. The van der Waals surface area contributed by atoms with Gasteiger partial charge in [0, 0.05) is 11.6 Å². The topological polar surface area (TPSA) is 17.8 Å². The minimum Gasteiger partial charge on any atom is -0.257 e. The summed E-state index contributed by atoms with van der Waals surface area (Å²) in [4.78, 5) is 4.25. The maximum Gasteiger partial charge on any atom is 0.123 e. The molecular weight excluding hydrogens is 227 g/mol. The molecule has 0 spiro atoms. The summed E-state index contributed by atoms with van der Waals surface area (Å²) >= 11 is 0. The van der Waals surface area contributed by atoms with E-state index in [1.807, 2.05) is 24.3 Å². The lowest BCUT2D eigenvalue weighted by atomic mass is 10.2. The molecule has 86 valence electrons. The molecule has 3 heteroatoms. The van der Waals surface area contributed by atoms with Crippen LogP contribution in [0.3, 0.4) is 0 Å². The lowest BCUT2D eigenvalue weighted by Crippen LogP contribution is -1.85. The van der Waals surface area contributed by atoms with E-state index in [0.29, 0.717) is 0 Å². The van der Waals surface area contributed by atoms with Crippen molar-refractivity contribution in [2.24, 2.45) is 0 Å². The van der Waals surface area contributed by atoms with E-state index < -0.39 is 0 Å². The number of benzene rings is 2. The molecule has 0 fully saturated rings. The van der Waals surface area contributed by atoms with Crippen LogP contribution in [0.1, 0.15) is 5.56 Å². The Morgan fingerprint density at radius 1 is 1.00 bits per heavy atom. The first-order valence-corrected chi connectivity index (χ1v) is 5.52. The number of nitrogens with zero attached hydrogens (tertiary/aromatic N) is 2. The molecule has 18 heavy (non-hydrogen) atoms. The van der Waals surface area contributed by atoms with E-state index in [9.17, 15) is 4.39 Å². The monoisotopic (exact) mass is 236 g/mol. The van der Waals surface area contributed by atoms with Gasteiger partial charge in [0.05, 0.1) is 11.0 Å². The number of fused-ring (bicyclic) bond motifs is 1. The van der Waals surface area contributed by atoms with Gasteiger partial charge in [-0.3, -0.25) is 4.57 Å². The highest BCUT2D eigenvalue weighted by Gasteiger charge is 1.97. The number of hydrogen-bond donors (Lipinski definition) is 0. The fraction of sp³-hybridized carbons (Fsp3) is 0. The Balaban J connectivity index is 2.00. The van der Waals surface area contributed by atoms with E-state index in [4.69, 9.17) is 0 Å². The molecule has 1 heterocycles. The van der Waals surface area contributed by atoms with Crippen LogP contribution >= 0.6 is 0 Å². The van der Waals surface area contributed by atoms with Gasteiger partial charge in [-0.2, -0.15) is 0 Å². The van der Waals surface area contributed by atoms with Crippen LogP contribution in [0.2, 0.25) is 0 Å². The van der Waals surface area contributed by atoms with Gasteiger partial charge in [-0.1, -0.05) is 12.1 Å². The van der Waals surface area contributed by atoms with Crippen LogP contribution in [0.5, 0.6) is 0 Å². The van der Waals surface area contributed by atoms with Crippen molar-refractivity contribution in [1.82, 2.24) is 9.55 Å². The summed E-state index contributed by atoms with van der Waals surface area (Å²) in [5.41, 5.74) is 2.65. The zero-order valence-corrected chi connectivity index (χ0v) is 9.47. The third-order valence-electron chi connectivity index (χ3n) is 2.62. The molecular formula is C15H9FN2. The van der Waals surface area contributed by atoms with Crippen LogP contribution in [0, 0.1) is 17.8 Å². The van der Waals surface area contributed by atoms with Crippen molar-refractivity contribution in [3.63, 3.8) is 0 Å². The highest BCUT2D eigenvalue weighted by atomic mass is 19.1. The van der Waals surface area contributed by atoms with Crippen molar-refractivity contribution in [2.75, 3.05) is 0 Å². The van der Waals surface area contributed by atoms with Gasteiger partial charge in [-0.15, -0.1) is 0 Å². The predicted octanol–water partition coefficient (Wildman–Crippen LogP) is 3.03. The Morgan fingerprint density at radius 3 is 2.61 bits per heavy atom. The maximum absolute atomic E-state index is 12.7. The van der Waals surface area contributed by atoms with E-state index >= 15 is 0 Å². The minimum atomic E-state index is -0.256. The van der Waals surface area contributed by atoms with Crippen LogP contribution in [0.15, 0.2) is 54.9 Å². The number of para-hydroxylation sites is 2. The second-order valence-corrected chi connectivity index (χ2v) is 3.85. The average Bonchev–Trinajstić information content (AvgIpc) is 2.82. The van der Waals surface area contributed by atoms with Crippen molar-refractivity contribution in [2.45, 2.75) is 0 Å². The van der Waals surface area contributed by atoms with E-state index in [2.05, 4.69) is 16.9 Å². The number of halogens is 1. The molecule has 0 aliphatic carbocycles. The Hall–Kier alpha value is -2.60. The Morgan fingerprint density at radius 2 is 1.78 bits per heavy atom. The Labute approximate surface area is 104 Å². The summed E-state index contributed by atoms with van der Waals surface area (Å²) < 4.78 is 14.5. The van der Waals surface area contributed by atoms with Crippen molar-refractivity contribution < 1.29 is 4.39 Å². The summed E-state index contributed by atoms with van der Waals surface area (Å²) in [6, 6.07) is 16.9. The van der Waals surface area contributed by atoms with Crippen molar-refractivity contribution >= 4 is 11.0 Å². The van der Waals surface area contributed by atoms with Gasteiger partial charge in [-0.05, 0) is 42.3 Å². The van der Waals surface area contributed by atoms with Gasteiger partial charge in [0.25, 0.3) is 0 Å². The summed E-state index contributed by atoms with van der Waals surface area (Å²) in [5, 5.41) is 0. The molecule has 3 aromatic rings. The van der Waals surface area contributed by atoms with Gasteiger partial charge in [0.15, 0.2) is 0 Å². The predicted molar refractivity (Wildman–Crippen MR) is 68.4 cm³/mol. The molecule has 0 saturated heterocycles. The highest BCUT2D eigenvalue weighted by Crippen LogP contribution is 2.10. The fourth-order valence-corrected chi connectivity index (χ4v) is 1.71. The lowest BCUT2D eigenvalue weighted by Gasteiger charge is -1.92. The molecule has 0 aliphatic rings. The van der Waals surface area contributed by atoms with Crippen LogP contribution in [-0.4, -0.2) is 9.55 Å². The third-order valence-corrected chi connectivity index (χ3v) is 2.62. The standard InChI is InChI=1S/C15H9FN2/c16-13-7-5-12(6-8-13)9-10-18-11-17-14-3-1-2-4-15(14)18/h1-8,11H. The van der Waals surface area contributed by atoms with Crippen LogP contribution in [0.25, 0.3) is 11.0 Å². The fourth-order valence-electron chi connectivity index (χ4n) is 1.71. The Kier molecular flexibility index (Phi) is 2.54. The van der Waals surface area contributed by atoms with Gasteiger partial charge >= 0.3 is 0 Å². The van der Waals surface area contributed by atoms with Crippen molar-refractivity contribution in [3.8, 4) is 12.0 Å². The molecule has 0 aliphatic heterocycles. The zero-order valence-electron chi connectivity index (χ0n) is 9.47. The summed E-state index contributed by atoms with van der Waals surface area (Å²) in [6.45, 7) is 0. The SMILES string of the molecule is Fc1ccc(C#Cn2cnc3ccccc32)cc1. The van der Waals surface area contributed by atoms with Gasteiger partial charge in [0.2, 0.25) is 0 Å². The number of hydrogen-bond acceptors (Lipinski definition) is 1. The molecule has 3 rings (SSSR count). The van der Waals surface area contributed by atoms with Gasteiger partial charge < -0.3 is 0 Å². The van der Waals surface area contributed by atoms with Gasteiger partial charge in [-0.25, -0.2) is 9.37 Å². The van der Waals surface area contributed by atoms with Gasteiger partial charge in [0.1, 0.15) is 12.1 Å². The van der Waals surface area contributed by atoms with E-state index in [1.165, 1.54) is 12.1 Å². The summed E-state index contributed by atoms with van der Waals surface area (Å²) in [7, 11) is 0. The second-order valence-electron chi connectivity index (χ2n) is 3.85. The lowest BCUT2D eigenvalue weighted by molar-refractivity contribution is 0.627. The first kappa shape index (κ1) is 10.5. The largest absolute Gasteiger partial charge is 0.257 e. The maximum atomic E-state index is 12.7. The number of rotatable bonds is 0. The molecule has 2 aromatic carbocycles. The average molecular weight is 236 g/mol. The first-order valence-electron chi connectivity index (χ1n) is 5.52. The highest BCUT2D eigenvalue weighted by molar-refractivity contribution is 5.76. The quantitative estimate of drug-likeness (QED) is 0.548. The normalized spacial score (nSPS) is 10.1. The molecule has 0 radical (unpaired) electrons. The summed E-state index contributed by atoms with van der Waals surface area (Å²) in [5.74, 6) is 2.72.